The summed E-state index contributed by atoms with van der Waals surface area (Å²) >= 11 is 3.29. The van der Waals surface area contributed by atoms with E-state index in [1.807, 2.05) is 18.2 Å². The lowest BCUT2D eigenvalue weighted by Gasteiger charge is -2.04. The van der Waals surface area contributed by atoms with E-state index < -0.39 is 0 Å². The van der Waals surface area contributed by atoms with Gasteiger partial charge >= 0.3 is 0 Å². The summed E-state index contributed by atoms with van der Waals surface area (Å²) in [6, 6.07) is 5.93. The second kappa shape index (κ2) is 6.25. The Kier molecular flexibility index (Phi) is 4.66. The summed E-state index contributed by atoms with van der Waals surface area (Å²) in [5.41, 5.74) is 1.10. The van der Waals surface area contributed by atoms with Crippen LogP contribution in [0, 0.1) is 0 Å². The lowest BCUT2D eigenvalue weighted by Crippen LogP contribution is -2.17. The van der Waals surface area contributed by atoms with Crippen LogP contribution in [0.4, 0.5) is 0 Å². The van der Waals surface area contributed by atoms with Crippen molar-refractivity contribution in [3.8, 4) is 5.75 Å². The summed E-state index contributed by atoms with van der Waals surface area (Å²) in [7, 11) is 1.65. The van der Waals surface area contributed by atoms with Crippen LogP contribution >= 0.6 is 23.1 Å². The number of thioether (sulfide) groups is 1. The van der Waals surface area contributed by atoms with Crippen molar-refractivity contribution in [1.29, 1.82) is 0 Å². The SMILES string of the molecule is COc1ccc2c(c1)sc(=NC(C)=O)n2CCSC. The summed E-state index contributed by atoms with van der Waals surface area (Å²) in [5, 5.41) is 0. The molecule has 0 bridgehead atoms. The normalized spacial score (nSPS) is 12.1. The minimum atomic E-state index is -0.170. The third-order valence-corrected chi connectivity index (χ3v) is 4.29. The molecule has 0 saturated carbocycles. The van der Waals surface area contributed by atoms with E-state index >= 15 is 0 Å². The van der Waals surface area contributed by atoms with Gasteiger partial charge in [-0.15, -0.1) is 0 Å². The first kappa shape index (κ1) is 14.1. The largest absolute Gasteiger partial charge is 0.497 e. The summed E-state index contributed by atoms with van der Waals surface area (Å²) in [6.45, 7) is 2.32. The molecular weight excluding hydrogens is 280 g/mol. The zero-order chi connectivity index (χ0) is 13.8. The van der Waals surface area contributed by atoms with Crippen LogP contribution in [0.25, 0.3) is 10.2 Å². The van der Waals surface area contributed by atoms with Crippen molar-refractivity contribution in [1.82, 2.24) is 4.57 Å². The number of rotatable bonds is 4. The lowest BCUT2D eigenvalue weighted by molar-refractivity contribution is -0.116. The Bertz CT molecular complexity index is 658. The lowest BCUT2D eigenvalue weighted by atomic mass is 10.3. The molecule has 0 fully saturated rings. The van der Waals surface area contributed by atoms with Gasteiger partial charge in [0, 0.05) is 19.2 Å². The molecule has 1 heterocycles. The van der Waals surface area contributed by atoms with Gasteiger partial charge in [0.25, 0.3) is 0 Å². The maximum atomic E-state index is 11.2. The number of amides is 1. The summed E-state index contributed by atoms with van der Waals surface area (Å²) in [4.78, 5) is 16.1. The molecule has 1 amide bonds. The molecule has 19 heavy (non-hydrogen) atoms. The van der Waals surface area contributed by atoms with Gasteiger partial charge < -0.3 is 9.30 Å². The highest BCUT2D eigenvalue weighted by molar-refractivity contribution is 7.98. The van der Waals surface area contributed by atoms with Gasteiger partial charge in [0.05, 0.1) is 17.3 Å². The average Bonchev–Trinajstić information content (AvgIpc) is 2.71. The van der Waals surface area contributed by atoms with E-state index in [-0.39, 0.29) is 5.91 Å². The van der Waals surface area contributed by atoms with E-state index in [0.29, 0.717) is 0 Å². The maximum absolute atomic E-state index is 11.2. The van der Waals surface area contributed by atoms with E-state index in [0.717, 1.165) is 33.1 Å². The van der Waals surface area contributed by atoms with Crippen LogP contribution in [0.5, 0.6) is 5.75 Å². The van der Waals surface area contributed by atoms with Crippen LogP contribution in [0.2, 0.25) is 0 Å². The number of aromatic nitrogens is 1. The number of aryl methyl sites for hydroxylation is 1. The van der Waals surface area contributed by atoms with Crippen LogP contribution in [0.3, 0.4) is 0 Å². The van der Waals surface area contributed by atoms with E-state index in [4.69, 9.17) is 4.74 Å². The van der Waals surface area contributed by atoms with Gasteiger partial charge in [0.15, 0.2) is 4.80 Å². The number of carbonyl (C=O) groups excluding carboxylic acids is 1. The number of hydrogen-bond acceptors (Lipinski definition) is 4. The molecule has 0 aliphatic heterocycles. The van der Waals surface area contributed by atoms with E-state index in [9.17, 15) is 4.79 Å². The summed E-state index contributed by atoms with van der Waals surface area (Å²) in [6.07, 6.45) is 2.07. The number of benzene rings is 1. The summed E-state index contributed by atoms with van der Waals surface area (Å²) in [5.74, 6) is 1.64. The highest BCUT2D eigenvalue weighted by atomic mass is 32.2. The van der Waals surface area contributed by atoms with E-state index in [2.05, 4.69) is 15.8 Å². The number of ether oxygens (including phenoxy) is 1. The zero-order valence-corrected chi connectivity index (χ0v) is 12.8. The number of thiazole rings is 1. The molecule has 2 aromatic rings. The van der Waals surface area contributed by atoms with Crippen LogP contribution in [-0.2, 0) is 11.3 Å². The van der Waals surface area contributed by atoms with Gasteiger partial charge in [-0.05, 0) is 24.5 Å². The number of carbonyl (C=O) groups is 1. The Morgan fingerprint density at radius 2 is 2.32 bits per heavy atom. The molecule has 0 N–H and O–H groups in total. The molecule has 0 saturated heterocycles. The number of fused-ring (bicyclic) bond motifs is 1. The molecule has 1 aromatic heterocycles. The number of hydrogen-bond donors (Lipinski definition) is 0. The summed E-state index contributed by atoms with van der Waals surface area (Å²) < 4.78 is 8.41. The Morgan fingerprint density at radius 3 is 2.95 bits per heavy atom. The first-order chi connectivity index (χ1) is 9.15. The molecule has 6 heteroatoms. The van der Waals surface area contributed by atoms with Crippen molar-refractivity contribution in [3.05, 3.63) is 23.0 Å². The monoisotopic (exact) mass is 296 g/mol. The van der Waals surface area contributed by atoms with Crippen LogP contribution in [-0.4, -0.2) is 29.6 Å². The van der Waals surface area contributed by atoms with Crippen molar-refractivity contribution in [2.45, 2.75) is 13.5 Å². The Balaban J connectivity index is 2.61. The van der Waals surface area contributed by atoms with Gasteiger partial charge in [-0.2, -0.15) is 16.8 Å². The van der Waals surface area contributed by atoms with Crippen molar-refractivity contribution in [2.24, 2.45) is 4.99 Å². The Morgan fingerprint density at radius 1 is 1.53 bits per heavy atom. The molecule has 102 valence electrons. The molecule has 2 rings (SSSR count). The second-order valence-electron chi connectivity index (χ2n) is 3.99. The molecular formula is C13H16N2O2S2. The molecule has 0 unspecified atom stereocenters. The van der Waals surface area contributed by atoms with Gasteiger partial charge in [-0.3, -0.25) is 4.79 Å². The first-order valence-corrected chi connectivity index (χ1v) is 8.08. The minimum absolute atomic E-state index is 0.170. The van der Waals surface area contributed by atoms with Crippen molar-refractivity contribution in [3.63, 3.8) is 0 Å². The van der Waals surface area contributed by atoms with E-state index in [1.54, 1.807) is 18.9 Å². The topological polar surface area (TPSA) is 43.6 Å². The first-order valence-electron chi connectivity index (χ1n) is 5.87. The Labute approximate surface area is 120 Å². The molecule has 0 aliphatic carbocycles. The molecule has 0 aliphatic rings. The molecule has 0 spiro atoms. The standard InChI is InChI=1S/C13H16N2O2S2/c1-9(16)14-13-15(6-7-18-3)11-5-4-10(17-2)8-12(11)19-13/h4-5,8H,6-7H2,1-3H3. The predicted octanol–water partition coefficient (Wildman–Crippen LogP) is 2.52. The van der Waals surface area contributed by atoms with Crippen molar-refractivity contribution in [2.75, 3.05) is 19.1 Å². The molecule has 1 aromatic carbocycles. The van der Waals surface area contributed by atoms with Gasteiger partial charge in [0.1, 0.15) is 5.75 Å². The van der Waals surface area contributed by atoms with Crippen LogP contribution in [0.15, 0.2) is 23.2 Å². The van der Waals surface area contributed by atoms with Crippen LogP contribution in [0.1, 0.15) is 6.92 Å². The highest BCUT2D eigenvalue weighted by Gasteiger charge is 2.07. The predicted molar refractivity (Wildman–Crippen MR) is 81.0 cm³/mol. The van der Waals surface area contributed by atoms with Crippen LogP contribution < -0.4 is 9.54 Å². The Hall–Kier alpha value is -1.27. The fourth-order valence-corrected chi connectivity index (χ4v) is 3.29. The third-order valence-electron chi connectivity index (χ3n) is 2.66. The van der Waals surface area contributed by atoms with Gasteiger partial charge in [-0.1, -0.05) is 11.3 Å². The highest BCUT2D eigenvalue weighted by Crippen LogP contribution is 2.23. The number of nitrogens with zero attached hydrogens (tertiary/aromatic N) is 2. The number of methoxy groups -OCH3 is 1. The van der Waals surface area contributed by atoms with Gasteiger partial charge in [0.2, 0.25) is 5.91 Å². The fourth-order valence-electron chi connectivity index (χ4n) is 1.80. The average molecular weight is 296 g/mol. The third kappa shape index (κ3) is 3.19. The molecule has 0 radical (unpaired) electrons. The van der Waals surface area contributed by atoms with Crippen molar-refractivity contribution >= 4 is 39.2 Å². The second-order valence-corrected chi connectivity index (χ2v) is 5.99. The maximum Gasteiger partial charge on any atom is 0.245 e. The molecule has 4 nitrogen and oxygen atoms in total. The van der Waals surface area contributed by atoms with Gasteiger partial charge in [-0.25, -0.2) is 0 Å². The zero-order valence-electron chi connectivity index (χ0n) is 11.2. The quantitative estimate of drug-likeness (QED) is 0.871. The van der Waals surface area contributed by atoms with E-state index in [1.165, 1.54) is 18.3 Å². The minimum Gasteiger partial charge on any atom is -0.497 e. The fraction of sp³-hybridized carbons (Fsp3) is 0.385. The van der Waals surface area contributed by atoms with Crippen molar-refractivity contribution < 1.29 is 9.53 Å². The molecule has 0 atom stereocenters. The smallest absolute Gasteiger partial charge is 0.245 e.